The number of pyridine rings is 1. The molecular weight excluding hydrogens is 581 g/mol. The Hall–Kier alpha value is -4.46. The molecule has 0 spiro atoms. The lowest BCUT2D eigenvalue weighted by molar-refractivity contribution is -0.118. The van der Waals surface area contributed by atoms with Crippen molar-refractivity contribution in [1.82, 2.24) is 25.3 Å². The fraction of sp³-hybridized carbons (Fsp3) is 0.0800. The van der Waals surface area contributed by atoms with Gasteiger partial charge in [-0.1, -0.05) is 24.3 Å². The van der Waals surface area contributed by atoms with Crippen LogP contribution in [0.1, 0.15) is 16.1 Å². The zero-order valence-corrected chi connectivity index (χ0v) is 22.8. The second-order valence-electron chi connectivity index (χ2n) is 8.31. The van der Waals surface area contributed by atoms with Crippen molar-refractivity contribution >= 4 is 77.3 Å². The molecule has 12 nitrogen and oxygen atoms in total. The van der Waals surface area contributed by atoms with E-state index in [0.29, 0.717) is 33.7 Å². The lowest BCUT2D eigenvalue weighted by Gasteiger charge is -2.18. The molecule has 3 aromatic heterocycles. The van der Waals surface area contributed by atoms with E-state index >= 15 is 0 Å². The number of nitrogen functional groups attached to an aromatic ring is 1. The smallest absolute Gasteiger partial charge is 0.272 e. The van der Waals surface area contributed by atoms with Gasteiger partial charge in [0.1, 0.15) is 22.5 Å². The maximum Gasteiger partial charge on any atom is 0.272 e. The van der Waals surface area contributed by atoms with Crippen LogP contribution in [0, 0.1) is 0 Å². The van der Waals surface area contributed by atoms with Crippen LogP contribution in [0.3, 0.4) is 0 Å². The SMILES string of the molecule is Cl.Nc1c[nH]c2c(C(=O)NCc3ccc4c(c3)NC(=O)CO4)ncnc12.O=S(=O)(Cl)c1cccc2cccnc12. The molecule has 0 bridgehead atoms. The standard InChI is InChI=1S/C16H14N6O3.C9H6ClNO2S.ClH/c17-9-5-18-14-13(9)20-7-21-15(14)16(24)19-4-8-1-2-11-10(3-8)22-12(23)6-25-11;10-14(12,13)8-5-1-3-7-4-2-6-11-9(7)8;/h1-3,5,7,18H,4,6,17H2,(H,19,24)(H,22,23);1-6H;1H. The van der Waals surface area contributed by atoms with Gasteiger partial charge in [-0.25, -0.2) is 18.4 Å². The number of nitrogens with zero attached hydrogens (tertiary/aromatic N) is 3. The third-order valence-electron chi connectivity index (χ3n) is 5.70. The molecular formula is C25H21Cl2N7O5S. The molecule has 206 valence electrons. The Balaban J connectivity index is 0.000000210. The highest BCUT2D eigenvalue weighted by Crippen LogP contribution is 2.28. The maximum absolute atomic E-state index is 12.4. The predicted octanol–water partition coefficient (Wildman–Crippen LogP) is 3.39. The number of para-hydroxylation sites is 1. The number of carbonyl (C=O) groups is 2. The van der Waals surface area contributed by atoms with Crippen LogP contribution in [-0.2, 0) is 20.4 Å². The molecule has 6 rings (SSSR count). The average Bonchev–Trinajstić information content (AvgIpc) is 3.31. The number of halogens is 2. The summed E-state index contributed by atoms with van der Waals surface area (Å²) in [6, 6.07) is 13.7. The van der Waals surface area contributed by atoms with Gasteiger partial charge in [-0.3, -0.25) is 14.6 Å². The monoisotopic (exact) mass is 601 g/mol. The molecule has 40 heavy (non-hydrogen) atoms. The minimum Gasteiger partial charge on any atom is -0.482 e. The predicted molar refractivity (Wildman–Crippen MR) is 152 cm³/mol. The minimum atomic E-state index is -3.72. The number of ether oxygens (including phenoxy) is 1. The van der Waals surface area contributed by atoms with Crippen molar-refractivity contribution in [2.24, 2.45) is 0 Å². The van der Waals surface area contributed by atoms with Crippen molar-refractivity contribution in [3.63, 3.8) is 0 Å². The fourth-order valence-corrected chi connectivity index (χ4v) is 4.93. The van der Waals surface area contributed by atoms with E-state index in [-0.39, 0.29) is 48.0 Å². The van der Waals surface area contributed by atoms with Gasteiger partial charge in [-0.15, -0.1) is 12.4 Å². The first kappa shape index (κ1) is 28.5. The molecule has 5 aromatic rings. The van der Waals surface area contributed by atoms with Crippen molar-refractivity contribution in [3.05, 3.63) is 78.5 Å². The number of aromatic amines is 1. The Labute approximate surface area is 238 Å². The third-order valence-corrected chi connectivity index (χ3v) is 7.05. The zero-order valence-electron chi connectivity index (χ0n) is 20.4. The number of carbonyl (C=O) groups excluding carboxylic acids is 2. The lowest BCUT2D eigenvalue weighted by atomic mass is 10.1. The number of aromatic nitrogens is 4. The number of amides is 2. The van der Waals surface area contributed by atoms with Crippen LogP contribution in [0.15, 0.2) is 72.1 Å². The molecule has 1 aliphatic rings. The molecule has 0 unspecified atom stereocenters. The number of hydrogen-bond acceptors (Lipinski definition) is 9. The van der Waals surface area contributed by atoms with Gasteiger partial charge in [0.25, 0.3) is 20.9 Å². The second-order valence-corrected chi connectivity index (χ2v) is 10.8. The number of fused-ring (bicyclic) bond motifs is 3. The first-order chi connectivity index (χ1) is 18.7. The van der Waals surface area contributed by atoms with Crippen LogP contribution in [0.5, 0.6) is 5.75 Å². The molecule has 0 radical (unpaired) electrons. The summed E-state index contributed by atoms with van der Waals surface area (Å²) in [5, 5.41) is 6.28. The highest BCUT2D eigenvalue weighted by molar-refractivity contribution is 8.14. The van der Waals surface area contributed by atoms with Gasteiger partial charge < -0.3 is 26.1 Å². The third kappa shape index (κ3) is 6.06. The van der Waals surface area contributed by atoms with Crippen LogP contribution >= 0.6 is 23.1 Å². The van der Waals surface area contributed by atoms with E-state index in [9.17, 15) is 18.0 Å². The van der Waals surface area contributed by atoms with E-state index in [2.05, 4.69) is 30.6 Å². The molecule has 2 aromatic carbocycles. The molecule has 0 aliphatic carbocycles. The van der Waals surface area contributed by atoms with E-state index in [0.717, 1.165) is 10.9 Å². The Bertz CT molecular complexity index is 1840. The van der Waals surface area contributed by atoms with Gasteiger partial charge in [0.2, 0.25) is 0 Å². The lowest BCUT2D eigenvalue weighted by Crippen LogP contribution is -2.26. The van der Waals surface area contributed by atoms with Crippen LogP contribution in [-0.4, -0.2) is 46.8 Å². The van der Waals surface area contributed by atoms with E-state index < -0.39 is 9.05 Å². The summed E-state index contributed by atoms with van der Waals surface area (Å²) in [5.41, 5.74) is 9.27. The number of nitrogens with two attached hydrogens (primary N) is 1. The molecule has 15 heteroatoms. The summed E-state index contributed by atoms with van der Waals surface area (Å²) in [4.78, 5) is 38.8. The van der Waals surface area contributed by atoms with Gasteiger partial charge >= 0.3 is 0 Å². The number of H-pyrrole nitrogens is 1. The van der Waals surface area contributed by atoms with Gasteiger partial charge in [-0.05, 0) is 29.8 Å². The average molecular weight is 602 g/mol. The summed E-state index contributed by atoms with van der Waals surface area (Å²) in [6.45, 7) is 0.274. The van der Waals surface area contributed by atoms with E-state index in [1.54, 1.807) is 42.6 Å². The summed E-state index contributed by atoms with van der Waals surface area (Å²) in [6.07, 6.45) is 4.41. The van der Waals surface area contributed by atoms with E-state index in [4.69, 9.17) is 21.2 Å². The largest absolute Gasteiger partial charge is 0.482 e. The van der Waals surface area contributed by atoms with Crippen LogP contribution in [0.4, 0.5) is 11.4 Å². The van der Waals surface area contributed by atoms with E-state index in [1.165, 1.54) is 18.6 Å². The summed E-state index contributed by atoms with van der Waals surface area (Å²) < 4.78 is 27.6. The van der Waals surface area contributed by atoms with Crippen molar-refractivity contribution in [2.45, 2.75) is 11.4 Å². The molecule has 5 N–H and O–H groups in total. The Kier molecular flexibility index (Phi) is 8.38. The normalized spacial score (nSPS) is 12.3. The van der Waals surface area contributed by atoms with Crippen LogP contribution < -0.4 is 21.1 Å². The molecule has 2 amide bonds. The Morgan fingerprint density at radius 3 is 2.70 bits per heavy atom. The number of nitrogens with one attached hydrogen (secondary N) is 3. The molecule has 0 saturated heterocycles. The van der Waals surface area contributed by atoms with Gasteiger partial charge in [-0.2, -0.15) is 0 Å². The zero-order chi connectivity index (χ0) is 27.6. The van der Waals surface area contributed by atoms with Gasteiger partial charge in [0.05, 0.1) is 22.4 Å². The van der Waals surface area contributed by atoms with Crippen molar-refractivity contribution in [3.8, 4) is 5.75 Å². The summed E-state index contributed by atoms with van der Waals surface area (Å²) >= 11 is 0. The Morgan fingerprint density at radius 2 is 1.90 bits per heavy atom. The number of benzene rings is 2. The maximum atomic E-state index is 12.4. The van der Waals surface area contributed by atoms with Crippen molar-refractivity contribution in [1.29, 1.82) is 0 Å². The first-order valence-electron chi connectivity index (χ1n) is 11.4. The summed E-state index contributed by atoms with van der Waals surface area (Å²) in [7, 11) is 1.55. The number of anilines is 2. The van der Waals surface area contributed by atoms with Crippen molar-refractivity contribution < 1.29 is 22.7 Å². The molecule has 0 saturated carbocycles. The van der Waals surface area contributed by atoms with Crippen molar-refractivity contribution in [2.75, 3.05) is 17.7 Å². The van der Waals surface area contributed by atoms with Crippen LogP contribution in [0.25, 0.3) is 21.9 Å². The minimum absolute atomic E-state index is 0. The topological polar surface area (TPSA) is 182 Å². The quantitative estimate of drug-likeness (QED) is 0.224. The van der Waals surface area contributed by atoms with Gasteiger partial charge in [0.15, 0.2) is 12.3 Å². The van der Waals surface area contributed by atoms with E-state index in [1.807, 2.05) is 6.07 Å². The molecule has 4 heterocycles. The highest BCUT2D eigenvalue weighted by atomic mass is 35.7. The highest BCUT2D eigenvalue weighted by Gasteiger charge is 2.18. The molecule has 1 aliphatic heterocycles. The first-order valence-corrected chi connectivity index (χ1v) is 13.7. The van der Waals surface area contributed by atoms with Crippen LogP contribution in [0.2, 0.25) is 0 Å². The number of hydrogen-bond donors (Lipinski definition) is 4. The van der Waals surface area contributed by atoms with Gasteiger partial charge in [0, 0.05) is 35.0 Å². The Morgan fingerprint density at radius 1 is 1.10 bits per heavy atom. The molecule has 0 atom stereocenters. The molecule has 0 fully saturated rings. The second kappa shape index (κ2) is 11.7. The number of rotatable bonds is 4. The fourth-order valence-electron chi connectivity index (χ4n) is 3.91. The summed E-state index contributed by atoms with van der Waals surface area (Å²) in [5.74, 6) is 0.0442.